The Bertz CT molecular complexity index is 595. The Hall–Kier alpha value is -2.24. The van der Waals surface area contributed by atoms with Gasteiger partial charge in [0, 0.05) is 11.8 Å². The smallest absolute Gasteiger partial charge is 0.253 e. The lowest BCUT2D eigenvalue weighted by Crippen LogP contribution is -2.66. The molecule has 0 aromatic heterocycles. The zero-order valence-electron chi connectivity index (χ0n) is 12.1. The molecular formula is C15H18N2O4. The number of benzene rings is 1. The fourth-order valence-electron chi connectivity index (χ4n) is 2.82. The number of carbonyl (C=O) groups is 2. The molecule has 0 saturated carbocycles. The van der Waals surface area contributed by atoms with Crippen LogP contribution in [0, 0.1) is 0 Å². The van der Waals surface area contributed by atoms with E-state index in [0.717, 1.165) is 0 Å². The van der Waals surface area contributed by atoms with Crippen LogP contribution in [0.25, 0.3) is 0 Å². The molecule has 0 spiro atoms. The van der Waals surface area contributed by atoms with Crippen LogP contribution in [-0.2, 0) is 9.59 Å². The Morgan fingerprint density at radius 1 is 1.19 bits per heavy atom. The van der Waals surface area contributed by atoms with Crippen molar-refractivity contribution in [3.63, 3.8) is 0 Å². The Kier molecular flexibility index (Phi) is 3.23. The summed E-state index contributed by atoms with van der Waals surface area (Å²) in [6, 6.07) is 5.28. The number of nitrogens with one attached hydrogen (secondary N) is 1. The lowest BCUT2D eigenvalue weighted by atomic mass is 9.88. The number of hydrogen-bond donors (Lipinski definition) is 1. The minimum absolute atomic E-state index is 0.0280. The standard InChI is InChI=1S/C15H18N2O4/c1-3-15(4-2)14(19)17(8-13(18)16-15)10-5-6-11-12(7-10)21-9-20-11/h5-7H,3-4,8-9H2,1-2H3,(H,16,18). The quantitative estimate of drug-likeness (QED) is 0.914. The normalized spacial score (nSPS) is 19.6. The summed E-state index contributed by atoms with van der Waals surface area (Å²) in [5.74, 6) is 1.04. The molecule has 2 amide bonds. The van der Waals surface area contributed by atoms with Gasteiger partial charge in [-0.25, -0.2) is 0 Å². The van der Waals surface area contributed by atoms with Gasteiger partial charge in [0.15, 0.2) is 11.5 Å². The molecule has 1 aromatic rings. The first kappa shape index (κ1) is 13.7. The second kappa shape index (κ2) is 4.95. The van der Waals surface area contributed by atoms with Crippen molar-refractivity contribution in [1.82, 2.24) is 5.32 Å². The lowest BCUT2D eigenvalue weighted by Gasteiger charge is -2.41. The van der Waals surface area contributed by atoms with Gasteiger partial charge in [-0.3, -0.25) is 9.59 Å². The van der Waals surface area contributed by atoms with Crippen molar-refractivity contribution >= 4 is 17.5 Å². The van der Waals surface area contributed by atoms with E-state index in [2.05, 4.69) is 5.32 Å². The number of amides is 2. The van der Waals surface area contributed by atoms with Crippen molar-refractivity contribution in [1.29, 1.82) is 0 Å². The van der Waals surface area contributed by atoms with Gasteiger partial charge in [-0.15, -0.1) is 0 Å². The van der Waals surface area contributed by atoms with Gasteiger partial charge in [0.25, 0.3) is 5.91 Å². The van der Waals surface area contributed by atoms with Crippen LogP contribution in [0.1, 0.15) is 26.7 Å². The molecule has 6 heteroatoms. The molecule has 0 unspecified atom stereocenters. The van der Waals surface area contributed by atoms with Gasteiger partial charge >= 0.3 is 0 Å². The highest BCUT2D eigenvalue weighted by molar-refractivity contribution is 6.09. The van der Waals surface area contributed by atoms with E-state index in [1.807, 2.05) is 13.8 Å². The zero-order chi connectivity index (χ0) is 15.0. The topological polar surface area (TPSA) is 67.9 Å². The summed E-state index contributed by atoms with van der Waals surface area (Å²) in [7, 11) is 0. The van der Waals surface area contributed by atoms with Gasteiger partial charge < -0.3 is 19.7 Å². The van der Waals surface area contributed by atoms with Crippen molar-refractivity contribution in [2.45, 2.75) is 32.2 Å². The summed E-state index contributed by atoms with van der Waals surface area (Å²) in [4.78, 5) is 26.3. The molecule has 0 bridgehead atoms. The first-order valence-corrected chi connectivity index (χ1v) is 7.12. The van der Waals surface area contributed by atoms with Gasteiger partial charge in [-0.2, -0.15) is 0 Å². The van der Waals surface area contributed by atoms with E-state index >= 15 is 0 Å². The van der Waals surface area contributed by atoms with Gasteiger partial charge in [-0.1, -0.05) is 13.8 Å². The number of nitrogens with zero attached hydrogens (tertiary/aromatic N) is 1. The number of carbonyl (C=O) groups excluding carboxylic acids is 2. The van der Waals surface area contributed by atoms with Crippen molar-refractivity contribution in [3.8, 4) is 11.5 Å². The minimum atomic E-state index is -0.814. The number of fused-ring (bicyclic) bond motifs is 1. The van der Waals surface area contributed by atoms with Crippen LogP contribution in [-0.4, -0.2) is 30.7 Å². The fraction of sp³-hybridized carbons (Fsp3) is 0.467. The van der Waals surface area contributed by atoms with Gasteiger partial charge in [-0.05, 0) is 25.0 Å². The van der Waals surface area contributed by atoms with E-state index in [-0.39, 0.29) is 25.2 Å². The minimum Gasteiger partial charge on any atom is -0.454 e. The first-order valence-electron chi connectivity index (χ1n) is 7.12. The molecule has 2 aliphatic rings. The Morgan fingerprint density at radius 2 is 1.90 bits per heavy atom. The Labute approximate surface area is 123 Å². The van der Waals surface area contributed by atoms with Crippen LogP contribution in [0.15, 0.2) is 18.2 Å². The van der Waals surface area contributed by atoms with Crippen LogP contribution in [0.2, 0.25) is 0 Å². The number of anilines is 1. The van der Waals surface area contributed by atoms with E-state index in [4.69, 9.17) is 9.47 Å². The third kappa shape index (κ3) is 2.11. The van der Waals surface area contributed by atoms with Crippen LogP contribution in [0.3, 0.4) is 0 Å². The van der Waals surface area contributed by atoms with Gasteiger partial charge in [0.05, 0.1) is 0 Å². The van der Waals surface area contributed by atoms with Crippen molar-refractivity contribution in [2.75, 3.05) is 18.2 Å². The highest BCUT2D eigenvalue weighted by atomic mass is 16.7. The maximum atomic E-state index is 12.8. The summed E-state index contributed by atoms with van der Waals surface area (Å²) in [6.07, 6.45) is 1.13. The number of piperazine rings is 1. The molecule has 6 nitrogen and oxygen atoms in total. The second-order valence-electron chi connectivity index (χ2n) is 5.27. The van der Waals surface area contributed by atoms with E-state index < -0.39 is 5.54 Å². The van der Waals surface area contributed by atoms with Gasteiger partial charge in [0.1, 0.15) is 12.1 Å². The largest absolute Gasteiger partial charge is 0.454 e. The van der Waals surface area contributed by atoms with Crippen molar-refractivity contribution in [2.24, 2.45) is 0 Å². The van der Waals surface area contributed by atoms with Crippen molar-refractivity contribution < 1.29 is 19.1 Å². The summed E-state index contributed by atoms with van der Waals surface area (Å²) < 4.78 is 10.6. The van der Waals surface area contributed by atoms with Crippen LogP contribution >= 0.6 is 0 Å². The monoisotopic (exact) mass is 290 g/mol. The predicted molar refractivity (Wildman–Crippen MR) is 76.4 cm³/mol. The molecule has 0 radical (unpaired) electrons. The molecular weight excluding hydrogens is 272 g/mol. The molecule has 112 valence electrons. The third-order valence-corrected chi connectivity index (χ3v) is 4.21. The summed E-state index contributed by atoms with van der Waals surface area (Å²) in [6.45, 7) is 4.02. The number of hydrogen-bond acceptors (Lipinski definition) is 4. The van der Waals surface area contributed by atoms with Gasteiger partial charge in [0.2, 0.25) is 12.7 Å². The summed E-state index contributed by atoms with van der Waals surface area (Å²) >= 11 is 0. The average Bonchev–Trinajstić information content (AvgIpc) is 2.96. The summed E-state index contributed by atoms with van der Waals surface area (Å²) in [5.41, 5.74) is -0.156. The highest BCUT2D eigenvalue weighted by Crippen LogP contribution is 2.37. The lowest BCUT2D eigenvalue weighted by molar-refractivity contribution is -0.136. The van der Waals surface area contributed by atoms with E-state index in [1.54, 1.807) is 18.2 Å². The molecule has 1 fully saturated rings. The SMILES string of the molecule is CCC1(CC)NC(=O)CN(c2ccc3c(c2)OCO3)C1=O. The Morgan fingerprint density at radius 3 is 2.62 bits per heavy atom. The average molecular weight is 290 g/mol. The van der Waals surface area contributed by atoms with E-state index in [9.17, 15) is 9.59 Å². The van der Waals surface area contributed by atoms with Crippen LogP contribution in [0.4, 0.5) is 5.69 Å². The zero-order valence-corrected chi connectivity index (χ0v) is 12.1. The maximum absolute atomic E-state index is 12.8. The van der Waals surface area contributed by atoms with Crippen LogP contribution in [0.5, 0.6) is 11.5 Å². The van der Waals surface area contributed by atoms with Crippen LogP contribution < -0.4 is 19.7 Å². The number of ether oxygens (including phenoxy) is 2. The maximum Gasteiger partial charge on any atom is 0.253 e. The molecule has 0 atom stereocenters. The van der Waals surface area contributed by atoms with E-state index in [0.29, 0.717) is 30.0 Å². The highest BCUT2D eigenvalue weighted by Gasteiger charge is 2.44. The van der Waals surface area contributed by atoms with E-state index in [1.165, 1.54) is 4.90 Å². The molecule has 3 rings (SSSR count). The molecule has 0 aliphatic carbocycles. The van der Waals surface area contributed by atoms with Crippen molar-refractivity contribution in [3.05, 3.63) is 18.2 Å². The number of rotatable bonds is 3. The summed E-state index contributed by atoms with van der Waals surface area (Å²) in [5, 5.41) is 2.84. The second-order valence-corrected chi connectivity index (χ2v) is 5.27. The molecule has 21 heavy (non-hydrogen) atoms. The molecule has 1 N–H and O–H groups in total. The molecule has 2 aliphatic heterocycles. The third-order valence-electron chi connectivity index (χ3n) is 4.21. The molecule has 1 saturated heterocycles. The first-order chi connectivity index (χ1) is 10.1. The fourth-order valence-corrected chi connectivity index (χ4v) is 2.82. The Balaban J connectivity index is 1.97. The molecule has 2 heterocycles. The molecule has 1 aromatic carbocycles. The predicted octanol–water partition coefficient (Wildman–Crippen LogP) is 1.44.